The van der Waals surface area contributed by atoms with E-state index in [1.54, 1.807) is 43.6 Å². The number of primary amides is 1. The molecule has 1 atom stereocenters. The molecule has 8 heteroatoms. The van der Waals surface area contributed by atoms with E-state index in [-0.39, 0.29) is 12.0 Å². The predicted molar refractivity (Wildman–Crippen MR) is 112 cm³/mol. The van der Waals surface area contributed by atoms with Crippen LogP contribution in [-0.2, 0) is 15.1 Å². The lowest BCUT2D eigenvalue weighted by atomic mass is 9.86. The smallest absolute Gasteiger partial charge is 0.266 e. The number of amides is 1. The van der Waals surface area contributed by atoms with E-state index >= 15 is 0 Å². The lowest BCUT2D eigenvalue weighted by molar-refractivity contribution is -0.135. The van der Waals surface area contributed by atoms with Gasteiger partial charge in [-0.1, -0.05) is 6.07 Å². The van der Waals surface area contributed by atoms with E-state index in [4.69, 9.17) is 10.5 Å². The Bertz CT molecular complexity index is 1000. The van der Waals surface area contributed by atoms with Crippen molar-refractivity contribution in [1.29, 1.82) is 0 Å². The van der Waals surface area contributed by atoms with Crippen LogP contribution >= 0.6 is 0 Å². The van der Waals surface area contributed by atoms with Gasteiger partial charge in [0, 0.05) is 54.3 Å². The third-order valence-corrected chi connectivity index (χ3v) is 6.11. The first-order valence-corrected chi connectivity index (χ1v) is 10.2. The van der Waals surface area contributed by atoms with Crippen molar-refractivity contribution in [3.05, 3.63) is 65.5 Å². The molecule has 1 aromatic heterocycles. The van der Waals surface area contributed by atoms with Crippen LogP contribution in [0.2, 0.25) is 0 Å². The summed E-state index contributed by atoms with van der Waals surface area (Å²) in [5.74, 6) is -0.291. The number of aliphatic hydroxyl groups is 1. The quantitative estimate of drug-likeness (QED) is 0.759. The van der Waals surface area contributed by atoms with Crippen LogP contribution in [0.4, 0.5) is 14.5 Å². The van der Waals surface area contributed by atoms with Gasteiger partial charge in [0.05, 0.1) is 5.60 Å². The highest BCUT2D eigenvalue weighted by atomic mass is 19.3. The second kappa shape index (κ2) is 7.92. The number of pyridine rings is 1. The van der Waals surface area contributed by atoms with Crippen LogP contribution in [0.1, 0.15) is 49.3 Å². The second-order valence-corrected chi connectivity index (χ2v) is 8.36. The van der Waals surface area contributed by atoms with Crippen molar-refractivity contribution in [2.45, 2.75) is 43.8 Å². The standard InChI is InChI=1S/C23H25F2N3O3/c1-22(30)8-12-28(13-9-22)18-3-2-16(20(24)25)14-17(18)23(21(26)29)7-4-19(31-23)15-5-10-27-11-6-15/h2-6,10-11,14,20,30H,7-9,12-13H2,1H3,(H2,26,29). The summed E-state index contributed by atoms with van der Waals surface area (Å²) in [5, 5.41) is 10.3. The van der Waals surface area contributed by atoms with Crippen molar-refractivity contribution in [2.24, 2.45) is 5.73 Å². The van der Waals surface area contributed by atoms with Gasteiger partial charge < -0.3 is 20.5 Å². The topological polar surface area (TPSA) is 88.7 Å². The summed E-state index contributed by atoms with van der Waals surface area (Å²) in [6.07, 6.45) is 3.43. The number of hydrogen-bond acceptors (Lipinski definition) is 5. The number of ether oxygens (including phenoxy) is 1. The first-order valence-electron chi connectivity index (χ1n) is 10.2. The minimum atomic E-state index is -2.70. The van der Waals surface area contributed by atoms with Crippen LogP contribution in [-0.4, -0.2) is 34.7 Å². The van der Waals surface area contributed by atoms with Crippen LogP contribution in [0.3, 0.4) is 0 Å². The predicted octanol–water partition coefficient (Wildman–Crippen LogP) is 3.51. The number of rotatable bonds is 5. The Morgan fingerprint density at radius 1 is 1.23 bits per heavy atom. The SMILES string of the molecule is CC1(O)CCN(c2ccc(C(F)F)cc2C2(C(N)=O)CC=C(c3ccncc3)O2)CC1. The molecule has 4 rings (SSSR count). The molecule has 3 N–H and O–H groups in total. The molecule has 2 aliphatic rings. The van der Waals surface area contributed by atoms with Gasteiger partial charge in [0.1, 0.15) is 5.76 Å². The molecule has 6 nitrogen and oxygen atoms in total. The molecule has 2 aliphatic heterocycles. The number of carbonyl (C=O) groups is 1. The van der Waals surface area contributed by atoms with Crippen LogP contribution in [0.25, 0.3) is 5.76 Å². The Kier molecular flexibility index (Phi) is 5.43. The Hall–Kier alpha value is -3.00. The molecular weight excluding hydrogens is 404 g/mol. The summed E-state index contributed by atoms with van der Waals surface area (Å²) < 4.78 is 33.2. The number of piperidine rings is 1. The summed E-state index contributed by atoms with van der Waals surface area (Å²) in [6, 6.07) is 7.76. The van der Waals surface area contributed by atoms with Gasteiger partial charge in [-0.3, -0.25) is 9.78 Å². The van der Waals surface area contributed by atoms with Gasteiger partial charge in [-0.05, 0) is 50.1 Å². The second-order valence-electron chi connectivity index (χ2n) is 8.36. The number of aromatic nitrogens is 1. The highest BCUT2D eigenvalue weighted by molar-refractivity contribution is 5.90. The number of nitrogens with two attached hydrogens (primary N) is 1. The molecule has 0 bridgehead atoms. The fourth-order valence-corrected chi connectivity index (χ4v) is 4.17. The highest BCUT2D eigenvalue weighted by Crippen LogP contribution is 2.46. The highest BCUT2D eigenvalue weighted by Gasteiger charge is 2.47. The van der Waals surface area contributed by atoms with Crippen molar-refractivity contribution in [2.75, 3.05) is 18.0 Å². The summed E-state index contributed by atoms with van der Waals surface area (Å²) in [4.78, 5) is 18.7. The molecule has 31 heavy (non-hydrogen) atoms. The summed E-state index contributed by atoms with van der Waals surface area (Å²) in [7, 11) is 0. The van der Waals surface area contributed by atoms with Crippen molar-refractivity contribution in [1.82, 2.24) is 4.98 Å². The van der Waals surface area contributed by atoms with Crippen molar-refractivity contribution in [3.8, 4) is 0 Å². The number of halogens is 2. The zero-order valence-corrected chi connectivity index (χ0v) is 17.2. The van der Waals surface area contributed by atoms with E-state index in [1.165, 1.54) is 12.1 Å². The Balaban J connectivity index is 1.76. The number of carbonyl (C=O) groups excluding carboxylic acids is 1. The number of nitrogens with zero attached hydrogens (tertiary/aromatic N) is 2. The zero-order valence-electron chi connectivity index (χ0n) is 17.2. The summed E-state index contributed by atoms with van der Waals surface area (Å²) in [5.41, 5.74) is 4.89. The van der Waals surface area contributed by atoms with Gasteiger partial charge in [-0.2, -0.15) is 0 Å². The minimum absolute atomic E-state index is 0.130. The van der Waals surface area contributed by atoms with E-state index in [0.717, 1.165) is 5.56 Å². The molecule has 2 aromatic rings. The number of benzene rings is 1. The lowest BCUT2D eigenvalue weighted by Crippen LogP contribution is -2.46. The first-order chi connectivity index (χ1) is 14.7. The Morgan fingerprint density at radius 2 is 1.90 bits per heavy atom. The maximum absolute atomic E-state index is 13.6. The average Bonchev–Trinajstić information content (AvgIpc) is 3.21. The van der Waals surface area contributed by atoms with Gasteiger partial charge in [0.25, 0.3) is 12.3 Å². The van der Waals surface area contributed by atoms with E-state index in [1.807, 2.05) is 4.90 Å². The van der Waals surface area contributed by atoms with Crippen molar-refractivity contribution >= 4 is 17.4 Å². The summed E-state index contributed by atoms with van der Waals surface area (Å²) in [6.45, 7) is 2.82. The summed E-state index contributed by atoms with van der Waals surface area (Å²) >= 11 is 0. The molecule has 0 saturated carbocycles. The maximum atomic E-state index is 13.6. The van der Waals surface area contributed by atoms with Gasteiger partial charge in [0.15, 0.2) is 0 Å². The fraction of sp³-hybridized carbons (Fsp3) is 0.391. The molecule has 0 aliphatic carbocycles. The number of hydrogen-bond donors (Lipinski definition) is 2. The molecule has 1 amide bonds. The van der Waals surface area contributed by atoms with Crippen LogP contribution < -0.4 is 10.6 Å². The third-order valence-electron chi connectivity index (χ3n) is 6.11. The third kappa shape index (κ3) is 3.99. The molecule has 164 valence electrons. The Labute approximate surface area is 179 Å². The van der Waals surface area contributed by atoms with Gasteiger partial charge in [0.2, 0.25) is 5.60 Å². The average molecular weight is 429 g/mol. The lowest BCUT2D eigenvalue weighted by Gasteiger charge is -2.40. The zero-order chi connectivity index (χ0) is 22.2. The van der Waals surface area contributed by atoms with Crippen LogP contribution in [0.5, 0.6) is 0 Å². The van der Waals surface area contributed by atoms with E-state index in [2.05, 4.69) is 4.98 Å². The van der Waals surface area contributed by atoms with Gasteiger partial charge in [-0.25, -0.2) is 8.78 Å². The number of anilines is 1. The van der Waals surface area contributed by atoms with Crippen LogP contribution in [0.15, 0.2) is 48.8 Å². The molecule has 1 saturated heterocycles. The molecule has 3 heterocycles. The fourth-order valence-electron chi connectivity index (χ4n) is 4.17. The Morgan fingerprint density at radius 3 is 2.52 bits per heavy atom. The van der Waals surface area contributed by atoms with E-state index in [0.29, 0.717) is 42.9 Å². The van der Waals surface area contributed by atoms with Gasteiger partial charge in [-0.15, -0.1) is 0 Å². The monoisotopic (exact) mass is 429 g/mol. The molecule has 1 aromatic carbocycles. The minimum Gasteiger partial charge on any atom is -0.472 e. The van der Waals surface area contributed by atoms with Crippen molar-refractivity contribution in [3.63, 3.8) is 0 Å². The molecule has 0 radical (unpaired) electrons. The largest absolute Gasteiger partial charge is 0.472 e. The van der Waals surface area contributed by atoms with E-state index in [9.17, 15) is 18.7 Å². The van der Waals surface area contributed by atoms with E-state index < -0.39 is 23.5 Å². The van der Waals surface area contributed by atoms with Crippen molar-refractivity contribution < 1.29 is 23.4 Å². The number of alkyl halides is 2. The normalized spacial score (nSPS) is 22.9. The van der Waals surface area contributed by atoms with Gasteiger partial charge >= 0.3 is 0 Å². The van der Waals surface area contributed by atoms with Crippen LogP contribution in [0, 0.1) is 0 Å². The first kappa shape index (κ1) is 21.2. The molecule has 0 spiro atoms. The maximum Gasteiger partial charge on any atom is 0.266 e. The molecule has 1 unspecified atom stereocenters. The molecule has 1 fully saturated rings. The molecular formula is C23H25F2N3O3.